The van der Waals surface area contributed by atoms with Crippen molar-refractivity contribution in [3.8, 4) is 0 Å². The fraction of sp³-hybridized carbons (Fsp3) is 0.518. The molecule has 0 aromatic rings. The second-order valence-electron chi connectivity index (χ2n) is 15.1. The topological polar surface area (TPSA) is 78.9 Å². The van der Waals surface area contributed by atoms with Gasteiger partial charge in [-0.25, -0.2) is 0 Å². The molecule has 0 fully saturated rings. The van der Waals surface area contributed by atoms with Crippen molar-refractivity contribution in [1.82, 2.24) is 0 Å². The van der Waals surface area contributed by atoms with E-state index < -0.39 is 12.1 Å². The Morgan fingerprint density at radius 2 is 0.742 bits per heavy atom. The third kappa shape index (κ3) is 46.4. The molecule has 0 aromatic carbocycles. The zero-order valence-corrected chi connectivity index (χ0v) is 39.1. The van der Waals surface area contributed by atoms with Crippen molar-refractivity contribution in [2.24, 2.45) is 0 Å². The minimum absolute atomic E-state index is 0.128. The second-order valence-corrected chi connectivity index (χ2v) is 15.1. The Labute approximate surface area is 378 Å². The van der Waals surface area contributed by atoms with E-state index in [0.717, 1.165) is 77.0 Å². The standard InChI is InChI=1S/C56H84O6/c1-4-7-10-13-16-19-21-23-25-27-28-29-31-32-34-37-40-43-46-49-55(58)61-52-53(51-60-54(57)48-45-42-39-36-18-15-12-9-6-3)62-56(59)50-47-44-41-38-35-33-30-26-24-22-20-17-14-11-8-5-2/h7-8,10-11,13,16-17,19-21,23-29,31-35,41,44,53H,4-6,9,12,14-15,18,22,30,36-40,42-43,45-52H2,1-3H3/b10-7-,11-8-,16-13-,20-17-,21-19-,25-23-,26-24-,28-27+,31-29-,34-32-,35-33-,44-41-. The van der Waals surface area contributed by atoms with Gasteiger partial charge in [-0.3, -0.25) is 14.4 Å². The molecule has 62 heavy (non-hydrogen) atoms. The number of hydrogen-bond donors (Lipinski definition) is 0. The van der Waals surface area contributed by atoms with Crippen LogP contribution in [0.5, 0.6) is 0 Å². The number of hydrogen-bond acceptors (Lipinski definition) is 6. The molecule has 0 radical (unpaired) electrons. The molecular formula is C56H84O6. The summed E-state index contributed by atoms with van der Waals surface area (Å²) in [6.45, 7) is 6.21. The lowest BCUT2D eigenvalue weighted by molar-refractivity contribution is -0.166. The quantitative estimate of drug-likeness (QED) is 0.0201. The normalized spacial score (nSPS) is 13.4. The summed E-state index contributed by atoms with van der Waals surface area (Å²) in [6.07, 6.45) is 69.8. The first kappa shape index (κ1) is 57.3. The van der Waals surface area contributed by atoms with E-state index in [-0.39, 0.29) is 38.0 Å². The van der Waals surface area contributed by atoms with Gasteiger partial charge >= 0.3 is 17.9 Å². The zero-order valence-electron chi connectivity index (χ0n) is 39.1. The van der Waals surface area contributed by atoms with Gasteiger partial charge in [-0.1, -0.05) is 224 Å². The van der Waals surface area contributed by atoms with Crippen LogP contribution in [0.15, 0.2) is 146 Å². The molecule has 0 spiro atoms. The molecule has 0 amide bonds. The molecular weight excluding hydrogens is 769 g/mol. The first-order valence-corrected chi connectivity index (χ1v) is 23.9. The summed E-state index contributed by atoms with van der Waals surface area (Å²) in [7, 11) is 0. The van der Waals surface area contributed by atoms with Gasteiger partial charge in [-0.2, -0.15) is 0 Å². The molecule has 0 aliphatic heterocycles. The molecule has 0 bridgehead atoms. The maximum absolute atomic E-state index is 12.7. The average molecular weight is 853 g/mol. The highest BCUT2D eigenvalue weighted by Gasteiger charge is 2.19. The van der Waals surface area contributed by atoms with Crippen LogP contribution in [0.1, 0.15) is 168 Å². The van der Waals surface area contributed by atoms with Crippen LogP contribution in [0, 0.1) is 0 Å². The highest BCUT2D eigenvalue weighted by molar-refractivity contribution is 5.71. The fourth-order valence-electron chi connectivity index (χ4n) is 5.77. The van der Waals surface area contributed by atoms with Gasteiger partial charge in [0.25, 0.3) is 0 Å². The van der Waals surface area contributed by atoms with Crippen molar-refractivity contribution < 1.29 is 28.6 Å². The van der Waals surface area contributed by atoms with Crippen LogP contribution >= 0.6 is 0 Å². The van der Waals surface area contributed by atoms with Gasteiger partial charge in [-0.05, 0) is 70.6 Å². The van der Waals surface area contributed by atoms with Crippen LogP contribution in [0.25, 0.3) is 0 Å². The smallest absolute Gasteiger partial charge is 0.306 e. The molecule has 0 aliphatic carbocycles. The first-order chi connectivity index (χ1) is 30.5. The minimum Gasteiger partial charge on any atom is -0.462 e. The third-order valence-corrected chi connectivity index (χ3v) is 9.30. The molecule has 0 aliphatic rings. The number of rotatable bonds is 40. The predicted molar refractivity (Wildman–Crippen MR) is 265 cm³/mol. The van der Waals surface area contributed by atoms with E-state index in [1.807, 2.05) is 85.1 Å². The van der Waals surface area contributed by atoms with E-state index in [1.165, 1.54) is 38.5 Å². The van der Waals surface area contributed by atoms with Gasteiger partial charge in [0.15, 0.2) is 6.10 Å². The van der Waals surface area contributed by atoms with Crippen molar-refractivity contribution in [2.75, 3.05) is 13.2 Å². The second kappa shape index (κ2) is 49.0. The number of allylic oxidation sites excluding steroid dienone is 24. The Balaban J connectivity index is 4.60. The molecule has 1 atom stereocenters. The number of ether oxygens (including phenoxy) is 3. The SMILES string of the molecule is CC\C=C/C=C\C=C/C=C\C=C\C=C/C=C\CCCCCC(=O)OCC(COC(=O)CCCCCCCCCCC)OC(=O)CC/C=C\C/C=C\C/C=C\C/C=C\C/C=C\CC. The summed E-state index contributed by atoms with van der Waals surface area (Å²) in [5.74, 6) is -1.08. The molecule has 6 heteroatoms. The maximum atomic E-state index is 12.7. The molecule has 0 aromatic heterocycles. The molecule has 0 heterocycles. The monoisotopic (exact) mass is 853 g/mol. The summed E-state index contributed by atoms with van der Waals surface area (Å²) >= 11 is 0. The van der Waals surface area contributed by atoms with Crippen LogP contribution in [-0.2, 0) is 28.6 Å². The van der Waals surface area contributed by atoms with Crippen LogP contribution in [0.3, 0.4) is 0 Å². The number of unbranched alkanes of at least 4 members (excludes halogenated alkanes) is 11. The summed E-state index contributed by atoms with van der Waals surface area (Å²) in [6, 6.07) is 0. The highest BCUT2D eigenvalue weighted by Crippen LogP contribution is 2.12. The highest BCUT2D eigenvalue weighted by atomic mass is 16.6. The first-order valence-electron chi connectivity index (χ1n) is 23.9. The summed E-state index contributed by atoms with van der Waals surface area (Å²) < 4.78 is 16.6. The lowest BCUT2D eigenvalue weighted by Crippen LogP contribution is -2.30. The minimum atomic E-state index is -0.840. The van der Waals surface area contributed by atoms with E-state index in [1.54, 1.807) is 0 Å². The molecule has 1 unspecified atom stereocenters. The Morgan fingerprint density at radius 1 is 0.355 bits per heavy atom. The van der Waals surface area contributed by atoms with Gasteiger partial charge in [0, 0.05) is 19.3 Å². The third-order valence-electron chi connectivity index (χ3n) is 9.30. The molecule has 344 valence electrons. The van der Waals surface area contributed by atoms with Gasteiger partial charge in [0.1, 0.15) is 13.2 Å². The lowest BCUT2D eigenvalue weighted by atomic mass is 10.1. The molecule has 0 saturated carbocycles. The Bertz CT molecular complexity index is 1440. The Morgan fingerprint density at radius 3 is 1.21 bits per heavy atom. The molecule has 0 N–H and O–H groups in total. The van der Waals surface area contributed by atoms with E-state index in [2.05, 4.69) is 81.5 Å². The zero-order chi connectivity index (χ0) is 45.1. The predicted octanol–water partition coefficient (Wildman–Crippen LogP) is 15.7. The van der Waals surface area contributed by atoms with Gasteiger partial charge in [0.05, 0.1) is 0 Å². The molecule has 0 saturated heterocycles. The average Bonchev–Trinajstić information content (AvgIpc) is 3.27. The summed E-state index contributed by atoms with van der Waals surface area (Å²) in [5.41, 5.74) is 0. The van der Waals surface area contributed by atoms with Crippen molar-refractivity contribution in [3.63, 3.8) is 0 Å². The summed E-state index contributed by atoms with van der Waals surface area (Å²) in [5, 5.41) is 0. The van der Waals surface area contributed by atoms with Crippen molar-refractivity contribution in [2.45, 2.75) is 175 Å². The van der Waals surface area contributed by atoms with Crippen molar-refractivity contribution in [1.29, 1.82) is 0 Å². The van der Waals surface area contributed by atoms with Crippen molar-refractivity contribution >= 4 is 17.9 Å². The van der Waals surface area contributed by atoms with Gasteiger partial charge in [-0.15, -0.1) is 0 Å². The maximum Gasteiger partial charge on any atom is 0.306 e. The molecule has 6 nitrogen and oxygen atoms in total. The van der Waals surface area contributed by atoms with Crippen LogP contribution < -0.4 is 0 Å². The summed E-state index contributed by atoms with van der Waals surface area (Å²) in [4.78, 5) is 37.8. The fourth-order valence-corrected chi connectivity index (χ4v) is 5.77. The largest absolute Gasteiger partial charge is 0.462 e. The van der Waals surface area contributed by atoms with E-state index in [0.29, 0.717) is 19.3 Å². The van der Waals surface area contributed by atoms with E-state index >= 15 is 0 Å². The Kier molecular flexibility index (Phi) is 45.2. The van der Waals surface area contributed by atoms with E-state index in [4.69, 9.17) is 14.2 Å². The van der Waals surface area contributed by atoms with Crippen molar-refractivity contribution in [3.05, 3.63) is 146 Å². The van der Waals surface area contributed by atoms with Crippen LogP contribution in [0.4, 0.5) is 0 Å². The van der Waals surface area contributed by atoms with E-state index in [9.17, 15) is 14.4 Å². The van der Waals surface area contributed by atoms with Gasteiger partial charge < -0.3 is 14.2 Å². The lowest BCUT2D eigenvalue weighted by Gasteiger charge is -2.18. The Hall–Kier alpha value is -4.71. The van der Waals surface area contributed by atoms with Crippen LogP contribution in [0.2, 0.25) is 0 Å². The number of carbonyl (C=O) groups excluding carboxylic acids is 3. The number of esters is 3. The molecule has 0 rings (SSSR count). The van der Waals surface area contributed by atoms with Gasteiger partial charge in [0.2, 0.25) is 0 Å². The number of carbonyl (C=O) groups is 3. The van der Waals surface area contributed by atoms with Crippen LogP contribution in [-0.4, -0.2) is 37.2 Å².